The van der Waals surface area contributed by atoms with Crippen LogP contribution in [0.5, 0.6) is 0 Å². The predicted molar refractivity (Wildman–Crippen MR) is 80.3 cm³/mol. The molecule has 1 fully saturated rings. The van der Waals surface area contributed by atoms with Gasteiger partial charge in [-0.1, -0.05) is 0 Å². The van der Waals surface area contributed by atoms with Gasteiger partial charge in [0, 0.05) is 50.5 Å². The average molecular weight is 281 g/mol. The second-order valence-electron chi connectivity index (χ2n) is 5.02. The van der Waals surface area contributed by atoms with E-state index >= 15 is 0 Å². The van der Waals surface area contributed by atoms with Crippen LogP contribution in [0, 0.1) is 0 Å². The Hall–Kier alpha value is -2.70. The molecule has 106 valence electrons. The van der Waals surface area contributed by atoms with Crippen molar-refractivity contribution >= 4 is 22.7 Å². The van der Waals surface area contributed by atoms with Gasteiger partial charge in [-0.15, -0.1) is 0 Å². The molecule has 0 aliphatic carbocycles. The quantitative estimate of drug-likeness (QED) is 0.757. The maximum Gasteiger partial charge on any atom is 0.227 e. The second-order valence-corrected chi connectivity index (χ2v) is 5.02. The molecule has 0 saturated carbocycles. The highest BCUT2D eigenvalue weighted by atomic mass is 15.3. The molecule has 4 heterocycles. The number of piperazine rings is 1. The van der Waals surface area contributed by atoms with Crippen molar-refractivity contribution in [3.63, 3.8) is 0 Å². The fourth-order valence-corrected chi connectivity index (χ4v) is 2.60. The number of aromatic amines is 1. The van der Waals surface area contributed by atoms with Crippen molar-refractivity contribution in [2.45, 2.75) is 0 Å². The van der Waals surface area contributed by atoms with Gasteiger partial charge in [0.15, 0.2) is 5.65 Å². The van der Waals surface area contributed by atoms with Gasteiger partial charge in [0.1, 0.15) is 0 Å². The summed E-state index contributed by atoms with van der Waals surface area (Å²) in [7, 11) is 0. The molecule has 0 amide bonds. The van der Waals surface area contributed by atoms with Crippen LogP contribution in [0.2, 0.25) is 0 Å². The topological polar surface area (TPSA) is 73.8 Å². The molecule has 1 aliphatic heterocycles. The van der Waals surface area contributed by atoms with Crippen molar-refractivity contribution in [3.05, 3.63) is 36.9 Å². The Balaban J connectivity index is 1.49. The summed E-state index contributed by atoms with van der Waals surface area (Å²) < 4.78 is 0. The van der Waals surface area contributed by atoms with E-state index in [0.717, 1.165) is 43.2 Å². The Labute approximate surface area is 121 Å². The van der Waals surface area contributed by atoms with Crippen molar-refractivity contribution in [2.75, 3.05) is 36.0 Å². The molecule has 0 atom stereocenters. The summed E-state index contributed by atoms with van der Waals surface area (Å²) >= 11 is 0. The molecular weight excluding hydrogens is 266 g/mol. The molecule has 0 bridgehead atoms. The van der Waals surface area contributed by atoms with E-state index in [1.165, 1.54) is 5.69 Å². The van der Waals surface area contributed by atoms with Crippen LogP contribution in [0.3, 0.4) is 0 Å². The molecule has 21 heavy (non-hydrogen) atoms. The van der Waals surface area contributed by atoms with Crippen molar-refractivity contribution in [1.82, 2.24) is 25.1 Å². The zero-order valence-electron chi connectivity index (χ0n) is 11.5. The zero-order valence-corrected chi connectivity index (χ0v) is 11.5. The monoisotopic (exact) mass is 281 g/mol. The third-order valence-electron chi connectivity index (χ3n) is 3.77. The van der Waals surface area contributed by atoms with Crippen molar-refractivity contribution < 1.29 is 0 Å². The van der Waals surface area contributed by atoms with E-state index in [2.05, 4.69) is 34.9 Å². The fourth-order valence-electron chi connectivity index (χ4n) is 2.60. The van der Waals surface area contributed by atoms with Gasteiger partial charge in [0.25, 0.3) is 0 Å². The Morgan fingerprint density at radius 3 is 2.52 bits per heavy atom. The minimum absolute atomic E-state index is 0.765. The van der Waals surface area contributed by atoms with Gasteiger partial charge >= 0.3 is 0 Å². The van der Waals surface area contributed by atoms with E-state index in [1.807, 2.05) is 30.7 Å². The highest BCUT2D eigenvalue weighted by Crippen LogP contribution is 2.18. The molecule has 0 aromatic carbocycles. The van der Waals surface area contributed by atoms with E-state index < -0.39 is 0 Å². The lowest BCUT2D eigenvalue weighted by molar-refractivity contribution is 0.641. The number of pyridine rings is 1. The first-order valence-electron chi connectivity index (χ1n) is 6.96. The first kappa shape index (κ1) is 12.1. The molecule has 0 unspecified atom stereocenters. The summed E-state index contributed by atoms with van der Waals surface area (Å²) in [6, 6.07) is 4.09. The number of hydrogen-bond acceptors (Lipinski definition) is 6. The third kappa shape index (κ3) is 2.26. The largest absolute Gasteiger partial charge is 0.368 e. The smallest absolute Gasteiger partial charge is 0.227 e. The van der Waals surface area contributed by atoms with Crippen LogP contribution >= 0.6 is 0 Å². The lowest BCUT2D eigenvalue weighted by Gasteiger charge is -2.35. The molecule has 1 N–H and O–H groups in total. The number of fused-ring (bicyclic) bond motifs is 1. The van der Waals surface area contributed by atoms with E-state index in [1.54, 1.807) is 6.20 Å². The standard InChI is InChI=1S/C14H15N7/c1-3-15-4-2-12(1)20-5-7-21(8-6-20)14-16-9-11-10-17-19-13(11)18-14/h1-4,9-10H,5-8H2,(H,16,17,18,19). The number of hydrogen-bond donors (Lipinski definition) is 1. The predicted octanol–water partition coefficient (Wildman–Crippen LogP) is 1.07. The van der Waals surface area contributed by atoms with E-state index in [-0.39, 0.29) is 0 Å². The second kappa shape index (κ2) is 5.01. The van der Waals surface area contributed by atoms with E-state index in [0.29, 0.717) is 0 Å². The molecule has 0 radical (unpaired) electrons. The molecule has 7 heteroatoms. The molecule has 7 nitrogen and oxygen atoms in total. The Morgan fingerprint density at radius 1 is 0.952 bits per heavy atom. The van der Waals surface area contributed by atoms with Crippen molar-refractivity contribution in [3.8, 4) is 0 Å². The summed E-state index contributed by atoms with van der Waals surface area (Å²) in [5, 5.41) is 7.81. The van der Waals surface area contributed by atoms with Gasteiger partial charge in [-0.3, -0.25) is 10.1 Å². The number of aromatic nitrogens is 5. The van der Waals surface area contributed by atoms with Crippen LogP contribution in [0.25, 0.3) is 11.0 Å². The number of anilines is 2. The summed E-state index contributed by atoms with van der Waals surface area (Å²) in [4.78, 5) is 17.6. The SMILES string of the molecule is c1cc(N2CCN(c3ncc4cn[nH]c4n3)CC2)ccn1. The van der Waals surface area contributed by atoms with Gasteiger partial charge in [0.05, 0.1) is 11.6 Å². The summed E-state index contributed by atoms with van der Waals surface area (Å²) in [5.41, 5.74) is 2.01. The molecular formula is C14H15N7. The van der Waals surface area contributed by atoms with E-state index in [9.17, 15) is 0 Å². The Morgan fingerprint density at radius 2 is 1.71 bits per heavy atom. The third-order valence-corrected chi connectivity index (χ3v) is 3.77. The lowest BCUT2D eigenvalue weighted by Crippen LogP contribution is -2.47. The Bertz CT molecular complexity index is 731. The number of nitrogens with one attached hydrogen (secondary N) is 1. The van der Waals surface area contributed by atoms with Crippen LogP contribution in [0.1, 0.15) is 0 Å². The van der Waals surface area contributed by atoms with E-state index in [4.69, 9.17) is 0 Å². The molecule has 0 spiro atoms. The van der Waals surface area contributed by atoms with Crippen LogP contribution in [-0.4, -0.2) is 51.3 Å². The molecule has 3 aromatic heterocycles. The number of H-pyrrole nitrogens is 1. The van der Waals surface area contributed by atoms with Crippen LogP contribution in [0.15, 0.2) is 36.9 Å². The maximum absolute atomic E-state index is 4.52. The molecule has 3 aromatic rings. The average Bonchev–Trinajstić information content (AvgIpc) is 3.03. The summed E-state index contributed by atoms with van der Waals surface area (Å²) in [5.74, 6) is 0.765. The summed E-state index contributed by atoms with van der Waals surface area (Å²) in [6.45, 7) is 3.71. The molecule has 4 rings (SSSR count). The van der Waals surface area contributed by atoms with Crippen LogP contribution < -0.4 is 9.80 Å². The molecule has 1 aliphatic rings. The Kier molecular flexibility index (Phi) is 2.88. The highest BCUT2D eigenvalue weighted by molar-refractivity contribution is 5.73. The zero-order chi connectivity index (χ0) is 14.1. The number of rotatable bonds is 2. The van der Waals surface area contributed by atoms with Crippen molar-refractivity contribution in [1.29, 1.82) is 0 Å². The first-order valence-corrected chi connectivity index (χ1v) is 6.96. The fraction of sp³-hybridized carbons (Fsp3) is 0.286. The minimum atomic E-state index is 0.765. The van der Waals surface area contributed by atoms with Gasteiger partial charge < -0.3 is 9.80 Å². The minimum Gasteiger partial charge on any atom is -0.368 e. The van der Waals surface area contributed by atoms with Gasteiger partial charge in [0.2, 0.25) is 5.95 Å². The molecule has 1 saturated heterocycles. The van der Waals surface area contributed by atoms with Gasteiger partial charge in [-0.2, -0.15) is 10.1 Å². The first-order chi connectivity index (χ1) is 10.4. The van der Waals surface area contributed by atoms with Crippen molar-refractivity contribution in [2.24, 2.45) is 0 Å². The van der Waals surface area contributed by atoms with Gasteiger partial charge in [-0.05, 0) is 12.1 Å². The maximum atomic E-state index is 4.52. The van der Waals surface area contributed by atoms with Crippen LogP contribution in [-0.2, 0) is 0 Å². The normalized spacial score (nSPS) is 15.6. The van der Waals surface area contributed by atoms with Gasteiger partial charge in [-0.25, -0.2) is 4.98 Å². The lowest BCUT2D eigenvalue weighted by atomic mass is 10.3. The highest BCUT2D eigenvalue weighted by Gasteiger charge is 2.19. The number of nitrogens with zero attached hydrogens (tertiary/aromatic N) is 6. The summed E-state index contributed by atoms with van der Waals surface area (Å²) in [6.07, 6.45) is 7.21. The van der Waals surface area contributed by atoms with Crippen LogP contribution in [0.4, 0.5) is 11.6 Å².